The average molecular weight is 795 g/mol. The van der Waals surface area contributed by atoms with Crippen molar-refractivity contribution in [3.05, 3.63) is 101 Å². The summed E-state index contributed by atoms with van der Waals surface area (Å²) >= 11 is 0. The first kappa shape index (κ1) is 29.3. The van der Waals surface area contributed by atoms with Crippen LogP contribution < -0.4 is 0 Å². The number of carbonyl (C=O) groups excluding carboxylic acids is 1. The van der Waals surface area contributed by atoms with Gasteiger partial charge in [0.2, 0.25) is 0 Å². The molecule has 5 heterocycles. The first-order valence-electron chi connectivity index (χ1n) is 13.9. The van der Waals surface area contributed by atoms with E-state index in [-0.39, 0.29) is 6.42 Å². The molecule has 0 spiro atoms. The molecule has 3 aromatic rings. The Hall–Kier alpha value is -5.71. The van der Waals surface area contributed by atoms with Crippen LogP contribution in [0.15, 0.2) is 50.1 Å². The summed E-state index contributed by atoms with van der Waals surface area (Å²) in [5.41, 5.74) is 23.2. The van der Waals surface area contributed by atoms with E-state index in [1.165, 1.54) is 0 Å². The van der Waals surface area contributed by atoms with Crippen LogP contribution in [0.4, 0.5) is 0 Å². The Balaban J connectivity index is 0.00000405. The number of carbonyl (C=O) groups is 1. The van der Waals surface area contributed by atoms with E-state index < -0.39 is 5.91 Å². The minimum Gasteiger partial charge on any atom is -0.668 e. The summed E-state index contributed by atoms with van der Waals surface area (Å²) in [5, 5.41) is 0. The van der Waals surface area contributed by atoms with Crippen molar-refractivity contribution in [1.29, 1.82) is 0 Å². The van der Waals surface area contributed by atoms with Crippen LogP contribution in [0.2, 0.25) is 0 Å². The number of hydrogen-bond acceptors (Lipinski definition) is 3. The summed E-state index contributed by atoms with van der Waals surface area (Å²) in [6, 6.07) is 8.32. The van der Waals surface area contributed by atoms with Gasteiger partial charge in [0.05, 0.1) is 22.8 Å². The van der Waals surface area contributed by atoms with Crippen LogP contribution in [0, 0.1) is 13.8 Å². The summed E-state index contributed by atoms with van der Waals surface area (Å²) in [4.78, 5) is 29.0. The van der Waals surface area contributed by atoms with Gasteiger partial charge >= 0.3 is 0 Å². The third-order valence-corrected chi connectivity index (χ3v) is 8.24. The normalized spacial score (nSPS) is 12.8. The molecule has 7 heteroatoms. The molecule has 42 heavy (non-hydrogen) atoms. The first-order valence-corrected chi connectivity index (χ1v) is 13.9. The molecule has 0 saturated heterocycles. The second kappa shape index (κ2) is 11.4. The zero-order valence-corrected chi connectivity index (χ0v) is 27.1. The van der Waals surface area contributed by atoms with E-state index in [0.29, 0.717) is 6.42 Å². The summed E-state index contributed by atoms with van der Waals surface area (Å²) in [6.45, 7) is 20.4. The standard InChI is InChI=1S/C35H37N5O.Es/c1-8-11-12-25-21(6)28-15-27-19(4)23(9-2)31(37-27)16-29-20(5)24(10-3)32(38-29)17-30-22(7)26(13-14-35(36)41)34(40-30)18-33(25)39-28;/h8-10,15-18H,1-3,11-14H2,4-7H3,(H4,36,37,38,39,40,41);/p-1. The second-order valence-corrected chi connectivity index (χ2v) is 10.7. The van der Waals surface area contributed by atoms with Crippen molar-refractivity contribution in [2.24, 2.45) is 0 Å². The zero-order chi connectivity index (χ0) is 29.4. The number of rotatable bonds is 8. The molecule has 0 saturated carbocycles. The van der Waals surface area contributed by atoms with Crippen LogP contribution in [-0.2, 0) is 4.79 Å². The smallest absolute Gasteiger partial charge is 0.0694 e. The number of hydrogen-bond donors (Lipinski definition) is 2. The summed E-state index contributed by atoms with van der Waals surface area (Å²) in [7, 11) is 0. The maximum atomic E-state index is 11.6. The molecule has 1 radical (unpaired) electrons. The number of aryl methyl sites for hydroxylation is 2. The van der Waals surface area contributed by atoms with Gasteiger partial charge in [-0.1, -0.05) is 31.4 Å². The Morgan fingerprint density at radius 2 is 1.21 bits per heavy atom. The molecule has 3 aromatic heterocycles. The number of fused-ring (bicyclic) bond motifs is 8. The Kier molecular flexibility index (Phi) is 7.96. The molecule has 2 aliphatic heterocycles. The van der Waals surface area contributed by atoms with Crippen molar-refractivity contribution in [1.82, 2.24) is 19.9 Å². The molecular formula is C35H36EsN5O-. The Morgan fingerprint density at radius 1 is 0.738 bits per heavy atom. The van der Waals surface area contributed by atoms with Crippen molar-refractivity contribution >= 4 is 62.4 Å². The predicted molar refractivity (Wildman–Crippen MR) is 174 cm³/mol. The zero-order valence-electron chi connectivity index (χ0n) is 24.6. The number of amides is 1. The van der Waals surface area contributed by atoms with Gasteiger partial charge in [-0.15, -0.1) is 6.58 Å². The van der Waals surface area contributed by atoms with Crippen molar-refractivity contribution in [3.63, 3.8) is 0 Å². The van der Waals surface area contributed by atoms with Gasteiger partial charge in [0.25, 0.3) is 0 Å². The topological polar surface area (TPSA) is 98.2 Å². The SMILES string of the molecule is C=CCCC1=C(C)c2cc3[nH]c(cc4[nH]c(cc5nc(cc1n2)C(CCC([NH-])=O)=C5C)c(C=C)c4C)c(C=C)c3C.[Es]. The number of aromatic amines is 2. The molecule has 0 atom stereocenters. The fraction of sp³-hybridized carbons (Fsp3) is 0.229. The maximum absolute atomic E-state index is 11.6. The van der Waals surface area contributed by atoms with Crippen molar-refractivity contribution in [3.8, 4) is 0 Å². The molecule has 219 valence electrons. The third kappa shape index (κ3) is 4.99. The molecule has 0 unspecified atom stereocenters. The minimum atomic E-state index is -0.583. The molecule has 0 aromatic carbocycles. The van der Waals surface area contributed by atoms with Crippen LogP contribution in [0.3, 0.4) is 0 Å². The van der Waals surface area contributed by atoms with Gasteiger partial charge in [0.15, 0.2) is 0 Å². The number of aromatic nitrogens is 4. The number of nitrogens with one attached hydrogen (secondary N) is 3. The fourth-order valence-electron chi connectivity index (χ4n) is 5.79. The Labute approximate surface area is 241 Å². The van der Waals surface area contributed by atoms with E-state index in [1.807, 2.05) is 37.3 Å². The van der Waals surface area contributed by atoms with Crippen LogP contribution >= 0.6 is 0 Å². The van der Waals surface area contributed by atoms with Gasteiger partial charge in [-0.2, -0.15) is 0 Å². The van der Waals surface area contributed by atoms with Crippen molar-refractivity contribution < 1.29 is 4.79 Å². The Morgan fingerprint density at radius 3 is 1.71 bits per heavy atom. The largest absolute Gasteiger partial charge is 0.668 e. The number of allylic oxidation sites excluding steroid dienone is 5. The molecule has 5 rings (SSSR count). The molecule has 6 nitrogen and oxygen atoms in total. The predicted octanol–water partition coefficient (Wildman–Crippen LogP) is 9.40. The Bertz CT molecular complexity index is 1870. The monoisotopic (exact) mass is 794 g/mol. The molecule has 0 fully saturated rings. The van der Waals surface area contributed by atoms with Crippen LogP contribution in [0.1, 0.15) is 84.6 Å². The van der Waals surface area contributed by atoms with Gasteiger partial charge in [0, 0.05) is 39.1 Å². The fourth-order valence-corrected chi connectivity index (χ4v) is 5.79. The molecular weight excluding hydrogens is 758 g/mol. The molecule has 1 amide bonds. The summed E-state index contributed by atoms with van der Waals surface area (Å²) in [6.07, 6.45) is 7.92. The summed E-state index contributed by atoms with van der Waals surface area (Å²) in [5.74, 6) is -0.583. The van der Waals surface area contributed by atoms with Gasteiger partial charge < -0.3 is 20.5 Å². The average Bonchev–Trinajstić information content (AvgIpc) is 3.59. The van der Waals surface area contributed by atoms with E-state index in [0.717, 1.165) is 102 Å². The van der Waals surface area contributed by atoms with Crippen molar-refractivity contribution in [2.45, 2.75) is 53.4 Å². The van der Waals surface area contributed by atoms with Gasteiger partial charge in [0.1, 0.15) is 0 Å². The maximum Gasteiger partial charge on any atom is 0.0694 e. The van der Waals surface area contributed by atoms with E-state index in [4.69, 9.17) is 15.7 Å². The molecule has 2 aliphatic rings. The van der Waals surface area contributed by atoms with E-state index in [2.05, 4.69) is 62.6 Å². The van der Waals surface area contributed by atoms with Gasteiger partial charge in [-0.25, -0.2) is 9.97 Å². The third-order valence-electron chi connectivity index (χ3n) is 8.24. The van der Waals surface area contributed by atoms with Gasteiger partial charge in [-0.3, -0.25) is 0 Å². The first-order chi connectivity index (χ1) is 19.7. The van der Waals surface area contributed by atoms with Crippen LogP contribution in [-0.4, -0.2) is 25.8 Å². The number of nitrogens with zero attached hydrogens (tertiary/aromatic N) is 2. The minimum absolute atomic E-state index is 0. The molecule has 3 N–H and O–H groups in total. The number of H-pyrrole nitrogens is 2. The van der Waals surface area contributed by atoms with E-state index in [9.17, 15) is 4.79 Å². The molecule has 0 aliphatic carbocycles. The van der Waals surface area contributed by atoms with E-state index >= 15 is 0 Å². The quantitative estimate of drug-likeness (QED) is 0.223. The van der Waals surface area contributed by atoms with E-state index in [1.54, 1.807) is 0 Å². The second-order valence-electron chi connectivity index (χ2n) is 10.7. The van der Waals surface area contributed by atoms with Gasteiger partial charge in [-0.05, 0) is 111 Å². The van der Waals surface area contributed by atoms with Crippen molar-refractivity contribution in [2.75, 3.05) is 0 Å². The molecule has 8 bridgehead atoms. The summed E-state index contributed by atoms with van der Waals surface area (Å²) < 4.78 is 0. The van der Waals surface area contributed by atoms with Crippen LogP contribution in [0.5, 0.6) is 0 Å². The van der Waals surface area contributed by atoms with Crippen LogP contribution in [0.25, 0.3) is 62.2 Å².